The molecule has 0 bridgehead atoms. The van der Waals surface area contributed by atoms with Crippen molar-refractivity contribution in [2.75, 3.05) is 25.4 Å². The SMILES string of the molecule is CC(Oc1nc(C2(CCN3CCCC3)C=CC=C(C(N)=O)C2)cnc1N)c1c(Cl)cccc1Cl. The van der Waals surface area contributed by atoms with Gasteiger partial charge in [-0.2, -0.15) is 0 Å². The molecule has 2 atom stereocenters. The van der Waals surface area contributed by atoms with Gasteiger partial charge in [0.25, 0.3) is 5.88 Å². The number of carbonyl (C=O) groups excluding carboxylic acids is 1. The van der Waals surface area contributed by atoms with Gasteiger partial charge in [-0.25, -0.2) is 9.97 Å². The van der Waals surface area contributed by atoms with Crippen LogP contribution in [0.1, 0.15) is 50.0 Å². The van der Waals surface area contributed by atoms with E-state index in [2.05, 4.69) is 16.0 Å². The standard InChI is InChI=1S/C25H29Cl2N5O2/c1-16(21-18(26)7-4-8-19(21)27)34-24-22(28)30-15-20(31-24)25(10-13-32-11-2-3-12-32)9-5-6-17(14-25)23(29)33/h4-9,15-16H,2-3,10-14H2,1H3,(H2,28,30)(H2,29,33). The van der Waals surface area contributed by atoms with Gasteiger partial charge in [0.2, 0.25) is 5.91 Å². The van der Waals surface area contributed by atoms with Crippen LogP contribution in [0.25, 0.3) is 0 Å². The van der Waals surface area contributed by atoms with Crippen molar-refractivity contribution in [1.82, 2.24) is 14.9 Å². The highest BCUT2D eigenvalue weighted by molar-refractivity contribution is 6.36. The molecule has 180 valence electrons. The topological polar surface area (TPSA) is 107 Å². The van der Waals surface area contributed by atoms with Crippen LogP contribution in [-0.2, 0) is 10.2 Å². The molecule has 4 rings (SSSR count). The van der Waals surface area contributed by atoms with Gasteiger partial charge in [0.15, 0.2) is 5.82 Å². The Morgan fingerprint density at radius 3 is 2.65 bits per heavy atom. The lowest BCUT2D eigenvalue weighted by atomic mass is 9.73. The third-order valence-electron chi connectivity index (χ3n) is 6.58. The van der Waals surface area contributed by atoms with E-state index in [0.29, 0.717) is 33.3 Å². The summed E-state index contributed by atoms with van der Waals surface area (Å²) in [6, 6.07) is 5.29. The molecule has 2 aromatic rings. The minimum atomic E-state index is -0.550. The van der Waals surface area contributed by atoms with E-state index < -0.39 is 17.4 Å². The highest BCUT2D eigenvalue weighted by atomic mass is 35.5. The largest absolute Gasteiger partial charge is 0.467 e. The fourth-order valence-electron chi connectivity index (χ4n) is 4.65. The summed E-state index contributed by atoms with van der Waals surface area (Å²) in [6.07, 6.45) is 10.5. The highest BCUT2D eigenvalue weighted by Gasteiger charge is 2.36. The Morgan fingerprint density at radius 2 is 1.97 bits per heavy atom. The molecule has 1 aliphatic heterocycles. The lowest BCUT2D eigenvalue weighted by Crippen LogP contribution is -2.35. The molecule has 2 unspecified atom stereocenters. The normalized spacial score (nSPS) is 21.3. The second-order valence-electron chi connectivity index (χ2n) is 8.89. The van der Waals surface area contributed by atoms with Crippen LogP contribution in [0.5, 0.6) is 5.88 Å². The van der Waals surface area contributed by atoms with Crippen LogP contribution in [0.2, 0.25) is 10.0 Å². The predicted molar refractivity (Wildman–Crippen MR) is 135 cm³/mol. The van der Waals surface area contributed by atoms with E-state index in [9.17, 15) is 4.79 Å². The summed E-state index contributed by atoms with van der Waals surface area (Å²) in [5.74, 6) is -0.0687. The van der Waals surface area contributed by atoms with Crippen molar-refractivity contribution < 1.29 is 9.53 Å². The average Bonchev–Trinajstić information content (AvgIpc) is 3.33. The summed E-state index contributed by atoms with van der Waals surface area (Å²) in [6.45, 7) is 4.87. The van der Waals surface area contributed by atoms with Crippen LogP contribution in [0.4, 0.5) is 5.82 Å². The zero-order valence-corrected chi connectivity index (χ0v) is 20.6. The summed E-state index contributed by atoms with van der Waals surface area (Å²) in [5.41, 5.74) is 13.1. The van der Waals surface area contributed by atoms with Crippen LogP contribution in [0, 0.1) is 0 Å². The van der Waals surface area contributed by atoms with E-state index in [1.165, 1.54) is 12.8 Å². The first-order valence-corrected chi connectivity index (χ1v) is 12.2. The van der Waals surface area contributed by atoms with Gasteiger partial charge in [0.05, 0.1) is 11.9 Å². The predicted octanol–water partition coefficient (Wildman–Crippen LogP) is 4.60. The number of nitrogens with two attached hydrogens (primary N) is 2. The molecule has 1 amide bonds. The number of anilines is 1. The molecule has 1 aromatic carbocycles. The van der Waals surface area contributed by atoms with Crippen LogP contribution >= 0.6 is 23.2 Å². The van der Waals surface area contributed by atoms with E-state index in [0.717, 1.165) is 26.1 Å². The first-order valence-electron chi connectivity index (χ1n) is 11.4. The maximum atomic E-state index is 12.0. The van der Waals surface area contributed by atoms with Crippen LogP contribution in [-0.4, -0.2) is 40.4 Å². The van der Waals surface area contributed by atoms with Gasteiger partial charge < -0.3 is 21.1 Å². The Hall–Kier alpha value is -2.61. The minimum absolute atomic E-state index is 0.166. The number of benzene rings is 1. The summed E-state index contributed by atoms with van der Waals surface area (Å²) in [4.78, 5) is 23.6. The number of nitrogens with zero attached hydrogens (tertiary/aromatic N) is 3. The van der Waals surface area contributed by atoms with Crippen molar-refractivity contribution >= 4 is 34.9 Å². The fourth-order valence-corrected chi connectivity index (χ4v) is 5.35. The van der Waals surface area contributed by atoms with E-state index >= 15 is 0 Å². The maximum absolute atomic E-state index is 12.0. The minimum Gasteiger partial charge on any atom is -0.467 e. The number of ether oxygens (including phenoxy) is 1. The first kappa shape index (κ1) is 24.5. The van der Waals surface area contributed by atoms with Crippen molar-refractivity contribution in [3.05, 3.63) is 69.5 Å². The number of allylic oxidation sites excluding steroid dienone is 3. The molecule has 2 aliphatic rings. The van der Waals surface area contributed by atoms with E-state index in [-0.39, 0.29) is 11.7 Å². The molecule has 1 aliphatic carbocycles. The van der Waals surface area contributed by atoms with Gasteiger partial charge in [-0.3, -0.25) is 4.79 Å². The first-order chi connectivity index (χ1) is 16.3. The number of carbonyl (C=O) groups is 1. The Balaban J connectivity index is 1.65. The summed E-state index contributed by atoms with van der Waals surface area (Å²) < 4.78 is 6.11. The third-order valence-corrected chi connectivity index (χ3v) is 7.24. The van der Waals surface area contributed by atoms with Gasteiger partial charge >= 0.3 is 0 Å². The number of halogens is 2. The molecule has 1 aromatic heterocycles. The summed E-state index contributed by atoms with van der Waals surface area (Å²) in [5, 5.41) is 0.993. The molecule has 2 heterocycles. The van der Waals surface area contributed by atoms with Crippen LogP contribution < -0.4 is 16.2 Å². The van der Waals surface area contributed by atoms with Gasteiger partial charge in [-0.15, -0.1) is 0 Å². The molecule has 0 radical (unpaired) electrons. The molecule has 34 heavy (non-hydrogen) atoms. The quantitative estimate of drug-likeness (QED) is 0.547. The molecule has 1 saturated heterocycles. The number of hydrogen-bond acceptors (Lipinski definition) is 6. The number of aromatic nitrogens is 2. The third kappa shape index (κ3) is 5.22. The van der Waals surface area contributed by atoms with Gasteiger partial charge in [-0.05, 0) is 64.4 Å². The molecule has 4 N–H and O–H groups in total. The molecule has 7 nitrogen and oxygen atoms in total. The highest BCUT2D eigenvalue weighted by Crippen LogP contribution is 2.40. The van der Waals surface area contributed by atoms with Gasteiger partial charge in [0.1, 0.15) is 6.10 Å². The number of primary amides is 1. The average molecular weight is 502 g/mol. The smallest absolute Gasteiger partial charge is 0.258 e. The number of rotatable bonds is 8. The monoisotopic (exact) mass is 501 g/mol. The molecule has 9 heteroatoms. The van der Waals surface area contributed by atoms with E-state index in [1.807, 2.05) is 13.0 Å². The van der Waals surface area contributed by atoms with Gasteiger partial charge in [0, 0.05) is 26.6 Å². The number of nitrogen functional groups attached to an aromatic ring is 1. The zero-order valence-electron chi connectivity index (χ0n) is 19.1. The fraction of sp³-hybridized carbons (Fsp3) is 0.400. The molecule has 1 fully saturated rings. The van der Waals surface area contributed by atoms with Crippen molar-refractivity contribution in [3.63, 3.8) is 0 Å². The number of likely N-dealkylation sites (tertiary alicyclic amines) is 1. The Bertz CT molecular complexity index is 1110. The van der Waals surface area contributed by atoms with E-state index in [1.54, 1.807) is 30.5 Å². The van der Waals surface area contributed by atoms with Crippen molar-refractivity contribution in [1.29, 1.82) is 0 Å². The molecular weight excluding hydrogens is 473 g/mol. The van der Waals surface area contributed by atoms with Crippen molar-refractivity contribution in [2.24, 2.45) is 5.73 Å². The zero-order chi connectivity index (χ0) is 24.3. The van der Waals surface area contributed by atoms with Crippen molar-refractivity contribution in [3.8, 4) is 5.88 Å². The second-order valence-corrected chi connectivity index (χ2v) is 9.70. The number of amides is 1. The second kappa shape index (κ2) is 10.3. The number of hydrogen-bond donors (Lipinski definition) is 2. The Kier molecular flexibility index (Phi) is 7.45. The van der Waals surface area contributed by atoms with Crippen LogP contribution in [0.3, 0.4) is 0 Å². The summed E-state index contributed by atoms with van der Waals surface area (Å²) in [7, 11) is 0. The molecule has 0 saturated carbocycles. The van der Waals surface area contributed by atoms with Crippen LogP contribution in [0.15, 0.2) is 48.2 Å². The van der Waals surface area contributed by atoms with Crippen molar-refractivity contribution in [2.45, 2.75) is 44.1 Å². The molecule has 0 spiro atoms. The lowest BCUT2D eigenvalue weighted by Gasteiger charge is -2.34. The Morgan fingerprint density at radius 1 is 1.26 bits per heavy atom. The van der Waals surface area contributed by atoms with E-state index in [4.69, 9.17) is 44.4 Å². The lowest BCUT2D eigenvalue weighted by molar-refractivity contribution is -0.114. The Labute approximate surface area is 209 Å². The summed E-state index contributed by atoms with van der Waals surface area (Å²) >= 11 is 12.7. The van der Waals surface area contributed by atoms with Gasteiger partial charge in [-0.1, -0.05) is 47.5 Å². The maximum Gasteiger partial charge on any atom is 0.258 e. The molecular formula is C25H29Cl2N5O2.